The molecule has 21 heavy (non-hydrogen) atoms. The number of carbonyl (C=O) groups is 2. The van der Waals surface area contributed by atoms with Crippen LogP contribution in [0.4, 0.5) is 4.79 Å². The Hall–Kier alpha value is -2.04. The van der Waals surface area contributed by atoms with Gasteiger partial charge >= 0.3 is 6.09 Å². The lowest BCUT2D eigenvalue weighted by atomic mass is 10.1. The summed E-state index contributed by atoms with van der Waals surface area (Å²) in [6.07, 6.45) is 0.530. The SMILES string of the molecule is CC[C@H]1CN(C(=O)OCc2ccccc2)CCN1C(C)=O. The Labute approximate surface area is 125 Å². The molecule has 0 saturated carbocycles. The van der Waals surface area contributed by atoms with Crippen LogP contribution in [0.3, 0.4) is 0 Å². The zero-order valence-corrected chi connectivity index (χ0v) is 12.6. The molecule has 5 heteroatoms. The second-order valence-electron chi connectivity index (χ2n) is 5.26. The third-order valence-electron chi connectivity index (χ3n) is 3.82. The summed E-state index contributed by atoms with van der Waals surface area (Å²) < 4.78 is 5.34. The minimum Gasteiger partial charge on any atom is -0.445 e. The second-order valence-corrected chi connectivity index (χ2v) is 5.26. The highest BCUT2D eigenvalue weighted by Crippen LogP contribution is 2.14. The zero-order chi connectivity index (χ0) is 15.2. The van der Waals surface area contributed by atoms with Crippen LogP contribution >= 0.6 is 0 Å². The van der Waals surface area contributed by atoms with Gasteiger partial charge in [0.2, 0.25) is 5.91 Å². The maximum atomic E-state index is 12.1. The lowest BCUT2D eigenvalue weighted by molar-refractivity contribution is -0.133. The maximum absolute atomic E-state index is 12.1. The Kier molecular flexibility index (Phi) is 5.20. The van der Waals surface area contributed by atoms with Crippen LogP contribution in [0.25, 0.3) is 0 Å². The van der Waals surface area contributed by atoms with Gasteiger partial charge in [-0.15, -0.1) is 0 Å². The number of benzene rings is 1. The minimum absolute atomic E-state index is 0.0687. The first-order valence-electron chi connectivity index (χ1n) is 7.34. The van der Waals surface area contributed by atoms with E-state index in [1.807, 2.05) is 42.2 Å². The Morgan fingerprint density at radius 2 is 1.95 bits per heavy atom. The monoisotopic (exact) mass is 290 g/mol. The van der Waals surface area contributed by atoms with Crippen LogP contribution in [0.1, 0.15) is 25.8 Å². The predicted molar refractivity (Wildman–Crippen MR) is 79.7 cm³/mol. The molecule has 1 aliphatic heterocycles. The molecular weight excluding hydrogens is 268 g/mol. The highest BCUT2D eigenvalue weighted by Gasteiger charge is 2.30. The van der Waals surface area contributed by atoms with Gasteiger partial charge in [0.1, 0.15) is 6.61 Å². The van der Waals surface area contributed by atoms with Crippen LogP contribution in [0.5, 0.6) is 0 Å². The Balaban J connectivity index is 1.87. The molecule has 0 radical (unpaired) electrons. The van der Waals surface area contributed by atoms with Crippen molar-refractivity contribution in [1.82, 2.24) is 9.80 Å². The average molecular weight is 290 g/mol. The largest absolute Gasteiger partial charge is 0.445 e. The van der Waals surface area contributed by atoms with Crippen LogP contribution in [-0.2, 0) is 16.1 Å². The van der Waals surface area contributed by atoms with E-state index in [4.69, 9.17) is 4.74 Å². The lowest BCUT2D eigenvalue weighted by Crippen LogP contribution is -2.55. The smallest absolute Gasteiger partial charge is 0.410 e. The molecule has 0 aliphatic carbocycles. The molecule has 1 aromatic rings. The number of piperazine rings is 1. The van der Waals surface area contributed by atoms with Crippen molar-refractivity contribution in [3.8, 4) is 0 Å². The fourth-order valence-corrected chi connectivity index (χ4v) is 2.60. The standard InChI is InChI=1S/C16H22N2O3/c1-3-15-11-17(9-10-18(15)13(2)19)16(20)21-12-14-7-5-4-6-8-14/h4-8,15H,3,9-12H2,1-2H3/t15-/m0/s1. The molecule has 1 aliphatic rings. The average Bonchev–Trinajstić information content (AvgIpc) is 2.52. The summed E-state index contributed by atoms with van der Waals surface area (Å²) in [4.78, 5) is 27.2. The Bertz CT molecular complexity index is 490. The van der Waals surface area contributed by atoms with Gasteiger partial charge in [0, 0.05) is 32.6 Å². The van der Waals surface area contributed by atoms with Crippen molar-refractivity contribution in [1.29, 1.82) is 0 Å². The summed E-state index contributed by atoms with van der Waals surface area (Å²) in [7, 11) is 0. The summed E-state index contributed by atoms with van der Waals surface area (Å²) in [5.74, 6) is 0.0687. The molecule has 114 valence electrons. The number of hydrogen-bond donors (Lipinski definition) is 0. The van der Waals surface area contributed by atoms with E-state index in [-0.39, 0.29) is 24.6 Å². The number of carbonyl (C=O) groups excluding carboxylic acids is 2. The fraction of sp³-hybridized carbons (Fsp3) is 0.500. The van der Waals surface area contributed by atoms with Gasteiger partial charge in [-0.2, -0.15) is 0 Å². The zero-order valence-electron chi connectivity index (χ0n) is 12.6. The Morgan fingerprint density at radius 3 is 2.57 bits per heavy atom. The van der Waals surface area contributed by atoms with Gasteiger partial charge < -0.3 is 14.5 Å². The second kappa shape index (κ2) is 7.11. The fourth-order valence-electron chi connectivity index (χ4n) is 2.60. The molecule has 2 amide bonds. The van der Waals surface area contributed by atoms with Gasteiger partial charge in [0.15, 0.2) is 0 Å². The van der Waals surface area contributed by atoms with Gasteiger partial charge in [0.25, 0.3) is 0 Å². The summed E-state index contributed by atoms with van der Waals surface area (Å²) in [5.41, 5.74) is 0.972. The number of nitrogens with zero attached hydrogens (tertiary/aromatic N) is 2. The van der Waals surface area contributed by atoms with Crippen LogP contribution in [-0.4, -0.2) is 47.5 Å². The van der Waals surface area contributed by atoms with Gasteiger partial charge in [-0.1, -0.05) is 37.3 Å². The van der Waals surface area contributed by atoms with E-state index in [0.717, 1.165) is 12.0 Å². The molecule has 1 heterocycles. The molecule has 1 saturated heterocycles. The van der Waals surface area contributed by atoms with Gasteiger partial charge in [-0.05, 0) is 12.0 Å². The van der Waals surface area contributed by atoms with Gasteiger partial charge in [-0.3, -0.25) is 4.79 Å². The summed E-state index contributed by atoms with van der Waals surface area (Å²) in [6.45, 7) is 5.54. The molecule has 0 unspecified atom stereocenters. The summed E-state index contributed by atoms with van der Waals surface area (Å²) in [6, 6.07) is 9.70. The van der Waals surface area contributed by atoms with Crippen LogP contribution in [0, 0.1) is 0 Å². The van der Waals surface area contributed by atoms with E-state index < -0.39 is 0 Å². The molecule has 0 N–H and O–H groups in total. The highest BCUT2D eigenvalue weighted by atomic mass is 16.6. The minimum atomic E-state index is -0.305. The summed E-state index contributed by atoms with van der Waals surface area (Å²) in [5, 5.41) is 0. The molecule has 0 aromatic heterocycles. The molecule has 1 aromatic carbocycles. The van der Waals surface area contributed by atoms with E-state index in [0.29, 0.717) is 19.6 Å². The molecule has 1 atom stereocenters. The third-order valence-corrected chi connectivity index (χ3v) is 3.82. The van der Waals surface area contributed by atoms with Crippen molar-refractivity contribution in [2.24, 2.45) is 0 Å². The maximum Gasteiger partial charge on any atom is 0.410 e. The van der Waals surface area contributed by atoms with Crippen molar-refractivity contribution in [3.63, 3.8) is 0 Å². The van der Waals surface area contributed by atoms with E-state index >= 15 is 0 Å². The van der Waals surface area contributed by atoms with Crippen LogP contribution in [0.15, 0.2) is 30.3 Å². The lowest BCUT2D eigenvalue weighted by Gasteiger charge is -2.40. The molecule has 2 rings (SSSR count). The first-order valence-corrected chi connectivity index (χ1v) is 7.34. The van der Waals surface area contributed by atoms with Gasteiger partial charge in [-0.25, -0.2) is 4.79 Å². The highest BCUT2D eigenvalue weighted by molar-refractivity contribution is 5.74. The number of ether oxygens (including phenoxy) is 1. The van der Waals surface area contributed by atoms with Crippen LogP contribution < -0.4 is 0 Å². The van der Waals surface area contributed by atoms with Crippen LogP contribution in [0.2, 0.25) is 0 Å². The molecule has 5 nitrogen and oxygen atoms in total. The van der Waals surface area contributed by atoms with Crippen molar-refractivity contribution >= 4 is 12.0 Å². The van der Waals surface area contributed by atoms with Crippen molar-refractivity contribution < 1.29 is 14.3 Å². The first kappa shape index (κ1) is 15.4. The van der Waals surface area contributed by atoms with E-state index in [2.05, 4.69) is 0 Å². The number of amides is 2. The van der Waals surface area contributed by atoms with Crippen molar-refractivity contribution in [2.45, 2.75) is 32.9 Å². The van der Waals surface area contributed by atoms with E-state index in [1.54, 1.807) is 11.8 Å². The van der Waals surface area contributed by atoms with Gasteiger partial charge in [0.05, 0.1) is 0 Å². The van der Waals surface area contributed by atoms with Crippen molar-refractivity contribution in [2.75, 3.05) is 19.6 Å². The molecule has 0 bridgehead atoms. The summed E-state index contributed by atoms with van der Waals surface area (Å²) >= 11 is 0. The molecule has 1 fully saturated rings. The normalized spacial score (nSPS) is 18.5. The number of hydrogen-bond acceptors (Lipinski definition) is 3. The number of rotatable bonds is 3. The first-order chi connectivity index (χ1) is 10.1. The van der Waals surface area contributed by atoms with Crippen molar-refractivity contribution in [3.05, 3.63) is 35.9 Å². The third kappa shape index (κ3) is 3.97. The predicted octanol–water partition coefficient (Wildman–Crippen LogP) is 2.27. The molecule has 0 spiro atoms. The molecular formula is C16H22N2O3. The quantitative estimate of drug-likeness (QED) is 0.858. The van der Waals surface area contributed by atoms with E-state index in [1.165, 1.54) is 0 Å². The van der Waals surface area contributed by atoms with E-state index in [9.17, 15) is 9.59 Å². The topological polar surface area (TPSA) is 49.9 Å². The Morgan fingerprint density at radius 1 is 1.24 bits per heavy atom.